The molecular weight excluding hydrogens is 289 g/mol. The van der Waals surface area contributed by atoms with Crippen molar-refractivity contribution in [2.45, 2.75) is 6.18 Å². The molecule has 0 radical (unpaired) electrons. The van der Waals surface area contributed by atoms with Crippen molar-refractivity contribution in [2.24, 2.45) is 0 Å². The molecule has 20 heavy (non-hydrogen) atoms. The van der Waals surface area contributed by atoms with Crippen molar-refractivity contribution in [1.29, 1.82) is 0 Å². The maximum atomic E-state index is 12.7. The van der Waals surface area contributed by atoms with Crippen LogP contribution in [-0.4, -0.2) is 9.61 Å². The molecule has 2 heterocycles. The van der Waals surface area contributed by atoms with Gasteiger partial charge in [-0.1, -0.05) is 29.8 Å². The number of hydrogen-bond donors (Lipinski definition) is 0. The van der Waals surface area contributed by atoms with Crippen LogP contribution in [0.1, 0.15) is 5.56 Å². The van der Waals surface area contributed by atoms with Gasteiger partial charge in [-0.25, -0.2) is 4.52 Å². The molecule has 2 nitrogen and oxygen atoms in total. The Morgan fingerprint density at radius 3 is 2.45 bits per heavy atom. The van der Waals surface area contributed by atoms with Crippen molar-refractivity contribution in [2.75, 3.05) is 0 Å². The van der Waals surface area contributed by atoms with Crippen molar-refractivity contribution in [3.05, 3.63) is 59.2 Å². The highest BCUT2D eigenvalue weighted by molar-refractivity contribution is 6.29. The Balaban J connectivity index is 2.14. The van der Waals surface area contributed by atoms with Crippen molar-refractivity contribution >= 4 is 17.1 Å². The smallest absolute Gasteiger partial charge is 0.222 e. The van der Waals surface area contributed by atoms with Crippen LogP contribution in [0.5, 0.6) is 0 Å². The van der Waals surface area contributed by atoms with E-state index in [1.807, 2.05) is 0 Å². The minimum Gasteiger partial charge on any atom is -0.222 e. The summed E-state index contributed by atoms with van der Waals surface area (Å²) in [4.78, 5) is 0. The standard InChI is InChI=1S/C14H8ClF3N2/c15-13-6-2-5-11-8-12(19-20(11)13)9-3-1-4-10(7-9)14(16,17)18/h1-8H. The number of pyridine rings is 1. The molecule has 0 spiro atoms. The number of nitrogens with zero attached hydrogens (tertiary/aromatic N) is 2. The molecule has 0 unspecified atom stereocenters. The van der Waals surface area contributed by atoms with Crippen LogP contribution in [0.2, 0.25) is 5.15 Å². The summed E-state index contributed by atoms with van der Waals surface area (Å²) in [5.74, 6) is 0. The quantitative estimate of drug-likeness (QED) is 0.596. The number of rotatable bonds is 1. The lowest BCUT2D eigenvalue weighted by atomic mass is 10.1. The molecule has 0 atom stereocenters. The van der Waals surface area contributed by atoms with Gasteiger partial charge in [-0.3, -0.25) is 0 Å². The summed E-state index contributed by atoms with van der Waals surface area (Å²) in [5.41, 5.74) is 0.881. The van der Waals surface area contributed by atoms with Gasteiger partial charge in [0.15, 0.2) is 0 Å². The Bertz CT molecular complexity index is 777. The van der Waals surface area contributed by atoms with E-state index in [4.69, 9.17) is 11.6 Å². The largest absolute Gasteiger partial charge is 0.416 e. The number of hydrogen-bond acceptors (Lipinski definition) is 1. The molecule has 2 aromatic heterocycles. The van der Waals surface area contributed by atoms with E-state index in [-0.39, 0.29) is 0 Å². The maximum Gasteiger partial charge on any atom is 0.416 e. The molecule has 3 aromatic rings. The highest BCUT2D eigenvalue weighted by atomic mass is 35.5. The molecule has 0 saturated carbocycles. The second-order valence-corrected chi connectivity index (χ2v) is 4.68. The second-order valence-electron chi connectivity index (χ2n) is 4.29. The Morgan fingerprint density at radius 2 is 1.75 bits per heavy atom. The Hall–Kier alpha value is -2.01. The van der Waals surface area contributed by atoms with Crippen LogP contribution in [0, 0.1) is 0 Å². The summed E-state index contributed by atoms with van der Waals surface area (Å²) in [6, 6.07) is 12.0. The van der Waals surface area contributed by atoms with Gasteiger partial charge in [0.05, 0.1) is 16.8 Å². The van der Waals surface area contributed by atoms with Gasteiger partial charge in [0.2, 0.25) is 0 Å². The van der Waals surface area contributed by atoms with Gasteiger partial charge < -0.3 is 0 Å². The molecule has 0 N–H and O–H groups in total. The summed E-state index contributed by atoms with van der Waals surface area (Å²) in [6.07, 6.45) is -4.37. The summed E-state index contributed by atoms with van der Waals surface area (Å²) in [7, 11) is 0. The second kappa shape index (κ2) is 4.52. The lowest BCUT2D eigenvalue weighted by Gasteiger charge is -2.07. The van der Waals surface area contributed by atoms with Gasteiger partial charge in [0.25, 0.3) is 0 Å². The van der Waals surface area contributed by atoms with Crippen LogP contribution in [0.4, 0.5) is 13.2 Å². The predicted molar refractivity (Wildman–Crippen MR) is 70.6 cm³/mol. The molecule has 0 bridgehead atoms. The number of aromatic nitrogens is 2. The third kappa shape index (κ3) is 2.25. The normalized spacial score (nSPS) is 12.0. The van der Waals surface area contributed by atoms with E-state index in [0.717, 1.165) is 17.6 Å². The summed E-state index contributed by atoms with van der Waals surface area (Å²) in [6.45, 7) is 0. The zero-order chi connectivity index (χ0) is 14.3. The molecule has 102 valence electrons. The van der Waals surface area contributed by atoms with Crippen LogP contribution in [0.3, 0.4) is 0 Å². The van der Waals surface area contributed by atoms with Gasteiger partial charge in [-0.15, -0.1) is 0 Å². The zero-order valence-corrected chi connectivity index (χ0v) is 10.8. The van der Waals surface area contributed by atoms with Gasteiger partial charge in [-0.05, 0) is 30.3 Å². The summed E-state index contributed by atoms with van der Waals surface area (Å²) >= 11 is 5.98. The lowest BCUT2D eigenvalue weighted by molar-refractivity contribution is -0.137. The number of benzene rings is 1. The topological polar surface area (TPSA) is 17.3 Å². The van der Waals surface area contributed by atoms with Crippen molar-refractivity contribution in [3.63, 3.8) is 0 Å². The fourth-order valence-electron chi connectivity index (χ4n) is 1.98. The van der Waals surface area contributed by atoms with Gasteiger partial charge >= 0.3 is 6.18 Å². The van der Waals surface area contributed by atoms with E-state index in [9.17, 15) is 13.2 Å². The fraction of sp³-hybridized carbons (Fsp3) is 0.0714. The van der Waals surface area contributed by atoms with E-state index >= 15 is 0 Å². The zero-order valence-electron chi connectivity index (χ0n) is 10.0. The van der Waals surface area contributed by atoms with Crippen molar-refractivity contribution in [3.8, 4) is 11.3 Å². The number of alkyl halides is 3. The van der Waals surface area contributed by atoms with Gasteiger partial charge in [-0.2, -0.15) is 18.3 Å². The average Bonchev–Trinajstić information content (AvgIpc) is 2.83. The van der Waals surface area contributed by atoms with Crippen LogP contribution < -0.4 is 0 Å². The van der Waals surface area contributed by atoms with Crippen molar-refractivity contribution in [1.82, 2.24) is 9.61 Å². The van der Waals surface area contributed by atoms with E-state index in [1.165, 1.54) is 10.6 Å². The first kappa shape index (κ1) is 13.0. The van der Waals surface area contributed by atoms with E-state index in [0.29, 0.717) is 16.4 Å². The predicted octanol–water partition coefficient (Wildman–Crippen LogP) is 4.67. The first-order chi connectivity index (χ1) is 9.45. The number of fused-ring (bicyclic) bond motifs is 1. The Morgan fingerprint density at radius 1 is 1.00 bits per heavy atom. The highest BCUT2D eigenvalue weighted by Gasteiger charge is 2.30. The molecule has 0 aliphatic carbocycles. The highest BCUT2D eigenvalue weighted by Crippen LogP contribution is 2.32. The molecule has 0 aliphatic rings. The van der Waals surface area contributed by atoms with Crippen molar-refractivity contribution < 1.29 is 13.2 Å². The number of halogens is 4. The molecule has 0 fully saturated rings. The molecule has 3 rings (SSSR count). The van der Waals surface area contributed by atoms with Crippen LogP contribution in [0.25, 0.3) is 16.8 Å². The van der Waals surface area contributed by atoms with Gasteiger partial charge in [0.1, 0.15) is 5.15 Å². The summed E-state index contributed by atoms with van der Waals surface area (Å²) in [5, 5.41) is 4.63. The minimum atomic E-state index is -4.37. The molecule has 0 saturated heterocycles. The van der Waals surface area contributed by atoms with E-state index < -0.39 is 11.7 Å². The third-order valence-electron chi connectivity index (χ3n) is 2.93. The van der Waals surface area contributed by atoms with Crippen LogP contribution in [0.15, 0.2) is 48.5 Å². The minimum absolute atomic E-state index is 0.402. The SMILES string of the molecule is FC(F)(F)c1cccc(-c2cc3cccc(Cl)n3n2)c1. The lowest BCUT2D eigenvalue weighted by Crippen LogP contribution is -2.04. The Kier molecular flexibility index (Phi) is 2.94. The molecule has 6 heteroatoms. The molecular formula is C14H8ClF3N2. The average molecular weight is 297 g/mol. The van der Waals surface area contributed by atoms with Gasteiger partial charge in [0, 0.05) is 5.56 Å². The van der Waals surface area contributed by atoms with E-state index in [2.05, 4.69) is 5.10 Å². The van der Waals surface area contributed by atoms with Crippen LogP contribution >= 0.6 is 11.6 Å². The molecule has 1 aromatic carbocycles. The third-order valence-corrected chi connectivity index (χ3v) is 3.21. The molecule has 0 aliphatic heterocycles. The van der Waals surface area contributed by atoms with E-state index in [1.54, 1.807) is 30.3 Å². The Labute approximate surface area is 117 Å². The van der Waals surface area contributed by atoms with Crippen LogP contribution in [-0.2, 0) is 6.18 Å². The molecule has 0 amide bonds. The maximum absolute atomic E-state index is 12.7. The summed E-state index contributed by atoms with van der Waals surface area (Å²) < 4.78 is 39.6. The first-order valence-electron chi connectivity index (χ1n) is 5.77. The fourth-order valence-corrected chi connectivity index (χ4v) is 2.19. The first-order valence-corrected chi connectivity index (χ1v) is 6.15. The monoisotopic (exact) mass is 296 g/mol.